The van der Waals surface area contributed by atoms with Gasteiger partial charge in [0.15, 0.2) is 4.84 Å². The van der Waals surface area contributed by atoms with Crippen molar-refractivity contribution < 1.29 is 71.3 Å². The first-order chi connectivity index (χ1) is 29.8. The summed E-state index contributed by atoms with van der Waals surface area (Å²) in [5.41, 5.74) is 0.878. The van der Waals surface area contributed by atoms with Crippen LogP contribution in [0, 0.1) is 17.0 Å². The number of nitrogens with zero attached hydrogens (tertiary/aromatic N) is 3. The zero-order valence-electron chi connectivity index (χ0n) is 34.4. The number of hydrogen-bond donors (Lipinski definition) is 5. The number of anilines is 1. The molecule has 0 spiro atoms. The Kier molecular flexibility index (Phi) is 27.4. The third-order valence-electron chi connectivity index (χ3n) is 7.49. The van der Waals surface area contributed by atoms with E-state index in [-0.39, 0.29) is 40.9 Å². The number of halogens is 7. The number of nitro benzene ring substituents is 1. The fourth-order valence-electron chi connectivity index (χ4n) is 4.72. The number of para-hydroxylation sites is 1. The molecule has 25 heteroatoms. The third kappa shape index (κ3) is 22.2. The number of nitrogens with one attached hydrogen (secondary N) is 1. The number of hydrogen-bond acceptors (Lipinski definition) is 10. The van der Waals surface area contributed by atoms with Gasteiger partial charge in [-0.05, 0) is 55.7 Å². The van der Waals surface area contributed by atoms with Gasteiger partial charge < -0.3 is 34.4 Å². The number of aryl methyl sites for hydroxylation is 2. The van der Waals surface area contributed by atoms with Crippen molar-refractivity contribution in [2.45, 2.75) is 38.2 Å². The first-order valence-corrected chi connectivity index (χ1v) is 21.7. The fraction of sp³-hybridized carbons (Fsp3) is 0.333. The van der Waals surface area contributed by atoms with Gasteiger partial charge in [0.05, 0.1) is 34.0 Å². The summed E-state index contributed by atoms with van der Waals surface area (Å²) < 4.78 is 58.3. The van der Waals surface area contributed by atoms with E-state index < -0.39 is 65.1 Å². The second-order valence-corrected chi connectivity index (χ2v) is 15.7. The molecule has 0 saturated carbocycles. The maximum Gasteiger partial charge on any atom is 0.416 e. The van der Waals surface area contributed by atoms with Crippen LogP contribution in [0.25, 0.3) is 0 Å². The molecule has 0 aliphatic heterocycles. The molecule has 3 rings (SSSR count). The summed E-state index contributed by atoms with van der Waals surface area (Å²) in [6.07, 6.45) is -1.09. The van der Waals surface area contributed by atoms with Crippen LogP contribution in [0.3, 0.4) is 0 Å². The molecule has 5 N–H and O–H groups in total. The van der Waals surface area contributed by atoms with Crippen LogP contribution in [-0.4, -0.2) is 104 Å². The number of benzene rings is 3. The SMILES string of the molecule is C=CCN(CC=C)C(=O)C(Cl)Cl.CCOCN(C(=O)CCl)c1c(C)cccc1CC.O=C(O)CNCP(=O)(O)O.O=C(O)c1cc(Oc2ccc(C(F)(F)F)cc2Cl)ccc1[N+](=O)[O-]. The van der Waals surface area contributed by atoms with Gasteiger partial charge in [-0.15, -0.1) is 24.8 Å². The Hall–Kier alpha value is -4.76. The van der Waals surface area contributed by atoms with Gasteiger partial charge in [0, 0.05) is 31.8 Å². The summed E-state index contributed by atoms with van der Waals surface area (Å²) in [5.74, 6) is -3.47. The summed E-state index contributed by atoms with van der Waals surface area (Å²) in [6.45, 7) is 14.2. The van der Waals surface area contributed by atoms with E-state index in [9.17, 15) is 47.0 Å². The molecule has 0 unspecified atom stereocenters. The zero-order valence-corrected chi connectivity index (χ0v) is 38.3. The number of ether oxygens (including phenoxy) is 2. The van der Waals surface area contributed by atoms with Crippen LogP contribution >= 0.6 is 54.0 Å². The first kappa shape index (κ1) is 59.2. The normalized spacial score (nSPS) is 10.7. The summed E-state index contributed by atoms with van der Waals surface area (Å²) in [6, 6.07) is 11.3. The number of rotatable bonds is 19. The Labute approximate surface area is 386 Å². The van der Waals surface area contributed by atoms with Crippen molar-refractivity contribution >= 4 is 89.1 Å². The maximum absolute atomic E-state index is 12.6. The van der Waals surface area contributed by atoms with Crippen LogP contribution in [-0.2, 0) is 36.3 Å². The predicted molar refractivity (Wildman–Crippen MR) is 237 cm³/mol. The van der Waals surface area contributed by atoms with E-state index in [1.807, 2.05) is 32.0 Å². The zero-order chi connectivity index (χ0) is 49.4. The van der Waals surface area contributed by atoms with Crippen molar-refractivity contribution in [2.24, 2.45) is 0 Å². The molecule has 0 saturated heterocycles. The quantitative estimate of drug-likeness (QED) is 0.0188. The highest BCUT2D eigenvalue weighted by Gasteiger charge is 2.31. The highest BCUT2D eigenvalue weighted by Crippen LogP contribution is 2.37. The molecule has 3 aromatic rings. The first-order valence-electron chi connectivity index (χ1n) is 18.1. The number of nitro groups is 1. The molecule has 0 radical (unpaired) electrons. The molecule has 2 amide bonds. The molecule has 0 aromatic heterocycles. The standard InChI is InChI=1S/C14H7ClF3NO5.C14H20ClNO2.C8H11Cl2NO.C3H8NO5P/c15-10-5-7(14(16,17)18)1-4-12(10)24-8-2-3-11(19(22)23)9(6-8)13(20)21;1-4-12-8-6-7-11(3)14(12)16(10-18-5-2)13(17)9-15;1-3-5-11(6-4-2)8(12)7(9)10;5-3(6)1-4-2-10(7,8)9/h1-6H,(H,20,21);6-8H,4-5,9-10H2,1-3H3;3-4,7H,1-2,5-6H2;4H,1-2H2,(H,5,6)(H2,7,8,9). The number of carbonyl (C=O) groups excluding carboxylic acids is 2. The van der Waals surface area contributed by atoms with Crippen LogP contribution in [0.15, 0.2) is 79.9 Å². The van der Waals surface area contributed by atoms with Crippen LogP contribution in [0.4, 0.5) is 24.5 Å². The lowest BCUT2D eigenvalue weighted by Gasteiger charge is -2.25. The second-order valence-electron chi connectivity index (χ2n) is 12.3. The van der Waals surface area contributed by atoms with Crippen LogP contribution in [0.2, 0.25) is 5.02 Å². The average Bonchev–Trinajstić information content (AvgIpc) is 3.21. The summed E-state index contributed by atoms with van der Waals surface area (Å²) in [7, 11) is -4.10. The van der Waals surface area contributed by atoms with Gasteiger partial charge in [-0.25, -0.2) is 4.79 Å². The number of aromatic carboxylic acids is 1. The van der Waals surface area contributed by atoms with Gasteiger partial charge in [-0.2, -0.15) is 13.2 Å². The Morgan fingerprint density at radius 1 is 1.02 bits per heavy atom. The minimum absolute atomic E-state index is 0.0371. The van der Waals surface area contributed by atoms with Crippen molar-refractivity contribution in [1.82, 2.24) is 10.2 Å². The summed E-state index contributed by atoms with van der Waals surface area (Å²) in [4.78, 5) is 72.3. The highest BCUT2D eigenvalue weighted by molar-refractivity contribution is 7.51. The molecule has 17 nitrogen and oxygen atoms in total. The Balaban J connectivity index is 0.000000879. The number of alkyl halides is 6. The molecular weight excluding hydrogens is 962 g/mol. The molecule has 64 heavy (non-hydrogen) atoms. The summed E-state index contributed by atoms with van der Waals surface area (Å²) >= 11 is 22.2. The Morgan fingerprint density at radius 2 is 1.62 bits per heavy atom. The maximum atomic E-state index is 12.6. The van der Waals surface area contributed by atoms with Gasteiger partial charge in [0.2, 0.25) is 5.91 Å². The molecule has 0 fully saturated rings. The van der Waals surface area contributed by atoms with Crippen molar-refractivity contribution in [3.8, 4) is 11.5 Å². The van der Waals surface area contributed by atoms with Crippen molar-refractivity contribution in [2.75, 3.05) is 50.0 Å². The largest absolute Gasteiger partial charge is 0.480 e. The minimum atomic E-state index is -4.58. The second kappa shape index (κ2) is 29.6. The summed E-state index contributed by atoms with van der Waals surface area (Å²) in [5, 5.41) is 29.4. The van der Waals surface area contributed by atoms with E-state index in [1.54, 1.807) is 17.1 Å². The minimum Gasteiger partial charge on any atom is -0.480 e. The number of carboxylic acid groups (broad SMARTS) is 2. The van der Waals surface area contributed by atoms with Crippen LogP contribution in [0.1, 0.15) is 40.9 Å². The van der Waals surface area contributed by atoms with E-state index in [0.29, 0.717) is 25.8 Å². The van der Waals surface area contributed by atoms with Gasteiger partial charge in [-0.3, -0.25) is 39.3 Å². The fourth-order valence-corrected chi connectivity index (χ4v) is 5.76. The van der Waals surface area contributed by atoms with Gasteiger partial charge in [0.25, 0.3) is 11.6 Å². The Morgan fingerprint density at radius 3 is 2.06 bits per heavy atom. The number of amides is 2. The van der Waals surface area contributed by atoms with Crippen molar-refractivity contribution in [3.05, 3.63) is 117 Å². The lowest BCUT2D eigenvalue weighted by Crippen LogP contribution is -2.35. The van der Waals surface area contributed by atoms with E-state index in [1.165, 1.54) is 4.90 Å². The smallest absolute Gasteiger partial charge is 0.416 e. The van der Waals surface area contributed by atoms with Crippen molar-refractivity contribution in [1.29, 1.82) is 0 Å². The predicted octanol–water partition coefficient (Wildman–Crippen LogP) is 8.67. The average molecular weight is 1010 g/mol. The molecule has 354 valence electrons. The number of carboxylic acids is 2. The lowest BCUT2D eigenvalue weighted by molar-refractivity contribution is -0.385. The topological polar surface area (TPSA) is 246 Å². The third-order valence-corrected chi connectivity index (χ3v) is 9.02. The molecule has 0 bridgehead atoms. The molecule has 0 aliphatic carbocycles. The molecular formula is C39H46Cl4F3N4O13P. The number of carbonyl (C=O) groups is 4. The molecule has 0 aliphatic rings. The van der Waals surface area contributed by atoms with Crippen molar-refractivity contribution in [3.63, 3.8) is 0 Å². The van der Waals surface area contributed by atoms with E-state index in [2.05, 4.69) is 25.4 Å². The lowest BCUT2D eigenvalue weighted by atomic mass is 10.0. The monoisotopic (exact) mass is 1010 g/mol. The van der Waals surface area contributed by atoms with E-state index in [0.717, 1.165) is 53.6 Å². The van der Waals surface area contributed by atoms with E-state index >= 15 is 0 Å². The van der Waals surface area contributed by atoms with Crippen LogP contribution in [0.5, 0.6) is 11.5 Å². The molecule has 3 aromatic carbocycles. The van der Waals surface area contributed by atoms with Gasteiger partial charge in [0.1, 0.15) is 29.7 Å². The number of aliphatic carboxylic acids is 1. The molecule has 0 atom stereocenters. The Bertz CT molecular complexity index is 2100. The van der Waals surface area contributed by atoms with Crippen LogP contribution < -0.4 is 15.0 Å². The van der Waals surface area contributed by atoms with E-state index in [4.69, 9.17) is 75.9 Å². The highest BCUT2D eigenvalue weighted by atomic mass is 35.5. The van der Waals surface area contributed by atoms with Gasteiger partial charge in [-0.1, -0.05) is 72.1 Å². The molecule has 0 heterocycles. The van der Waals surface area contributed by atoms with Gasteiger partial charge >= 0.3 is 25.7 Å².